The normalized spacial score (nSPS) is 23.7. The van der Waals surface area contributed by atoms with Crippen molar-refractivity contribution >= 4 is 23.6 Å². The monoisotopic (exact) mass is 672 g/mol. The Hall–Kier alpha value is -3.43. The lowest BCUT2D eigenvalue weighted by Crippen LogP contribution is -2.62. The zero-order valence-electron chi connectivity index (χ0n) is 28.7. The van der Waals surface area contributed by atoms with E-state index in [0.717, 1.165) is 80.1 Å². The Morgan fingerprint density at radius 2 is 1.75 bits per heavy atom. The van der Waals surface area contributed by atoms with E-state index in [1.54, 1.807) is 4.90 Å². The Labute approximate surface area is 289 Å². The third kappa shape index (κ3) is 6.73. The summed E-state index contributed by atoms with van der Waals surface area (Å²) in [6.07, 6.45) is 10.4. The van der Waals surface area contributed by atoms with Crippen LogP contribution in [0.2, 0.25) is 5.02 Å². The van der Waals surface area contributed by atoms with Gasteiger partial charge in [-0.2, -0.15) is 0 Å². The van der Waals surface area contributed by atoms with Gasteiger partial charge in [0.15, 0.2) is 0 Å². The van der Waals surface area contributed by atoms with Gasteiger partial charge in [-0.1, -0.05) is 30.2 Å². The Morgan fingerprint density at radius 1 is 0.938 bits per heavy atom. The molecule has 4 aliphatic rings. The molecule has 10 heteroatoms. The van der Waals surface area contributed by atoms with E-state index in [-0.39, 0.29) is 24.1 Å². The predicted molar refractivity (Wildman–Crippen MR) is 186 cm³/mol. The molecule has 4 heterocycles. The maximum atomic E-state index is 14.7. The van der Waals surface area contributed by atoms with E-state index < -0.39 is 6.04 Å². The van der Waals surface area contributed by atoms with Crippen LogP contribution in [-0.4, -0.2) is 86.1 Å². The number of likely N-dealkylation sites (tertiary alicyclic amines) is 1. The summed E-state index contributed by atoms with van der Waals surface area (Å²) in [6.45, 7) is 9.92. The first kappa shape index (κ1) is 33.1. The zero-order chi connectivity index (χ0) is 33.4. The van der Waals surface area contributed by atoms with Crippen LogP contribution in [0.15, 0.2) is 36.5 Å². The molecule has 7 rings (SSSR count). The Bertz CT molecular complexity index is 1650. The molecule has 2 amide bonds. The van der Waals surface area contributed by atoms with Gasteiger partial charge in [0, 0.05) is 56.2 Å². The van der Waals surface area contributed by atoms with Gasteiger partial charge in [0.2, 0.25) is 5.91 Å². The summed E-state index contributed by atoms with van der Waals surface area (Å²) in [5.74, 6) is 1.36. The average Bonchev–Trinajstić information content (AvgIpc) is 3.24. The van der Waals surface area contributed by atoms with Crippen LogP contribution < -0.4 is 0 Å². The van der Waals surface area contributed by atoms with Crippen molar-refractivity contribution in [1.29, 1.82) is 0 Å². The molecule has 2 aliphatic heterocycles. The molecule has 0 bridgehead atoms. The van der Waals surface area contributed by atoms with Crippen molar-refractivity contribution in [3.63, 3.8) is 0 Å². The maximum absolute atomic E-state index is 14.7. The van der Waals surface area contributed by atoms with Gasteiger partial charge in [0.1, 0.15) is 18.0 Å². The molecule has 0 N–H and O–H groups in total. The molecule has 0 spiro atoms. The standard InChI is InChI=1S/C38H49ClN6O3/c1-25-26(2)45(27(3)41-25)23-28-9-8-18-43(22-28)37(46)34-24-42(19-20-44(34)38(47)48-32-11-5-4-6-12-32)36-33-16-15-31(39)21-30(33)14-13-29-10-7-17-40-35(29)36/h7,10,15-17,21,28,32,34,36H,4-6,8-9,11-14,18-20,22-24H2,1-3H3/t28-,34+,36?/m0/s1. The van der Waals surface area contributed by atoms with Crippen LogP contribution in [0.4, 0.5) is 4.79 Å². The lowest BCUT2D eigenvalue weighted by atomic mass is 9.94. The number of hydrogen-bond acceptors (Lipinski definition) is 6. The summed E-state index contributed by atoms with van der Waals surface area (Å²) < 4.78 is 8.41. The molecule has 3 atom stereocenters. The fourth-order valence-electron chi connectivity index (χ4n) is 8.59. The second kappa shape index (κ2) is 14.2. The predicted octanol–water partition coefficient (Wildman–Crippen LogP) is 6.44. The van der Waals surface area contributed by atoms with Gasteiger partial charge in [-0.05, 0) is 113 Å². The number of fused-ring (bicyclic) bond motifs is 2. The molecule has 1 saturated carbocycles. The molecule has 3 fully saturated rings. The molecule has 9 nitrogen and oxygen atoms in total. The van der Waals surface area contributed by atoms with E-state index in [4.69, 9.17) is 21.3 Å². The van der Waals surface area contributed by atoms with E-state index >= 15 is 0 Å². The number of rotatable bonds is 5. The SMILES string of the molecule is Cc1nc(C)n(C[C@H]2CCCN(C(=O)[C@H]3CN(C4c5ccc(Cl)cc5CCc5cccnc54)CCN3C(=O)OC3CCCCC3)C2)c1C. The zero-order valence-corrected chi connectivity index (χ0v) is 29.4. The summed E-state index contributed by atoms with van der Waals surface area (Å²) in [7, 11) is 0. The van der Waals surface area contributed by atoms with Crippen molar-refractivity contribution in [2.75, 3.05) is 32.7 Å². The van der Waals surface area contributed by atoms with E-state index in [2.05, 4.69) is 53.4 Å². The minimum Gasteiger partial charge on any atom is -0.446 e. The molecule has 1 unspecified atom stereocenters. The van der Waals surface area contributed by atoms with Gasteiger partial charge in [-0.25, -0.2) is 9.78 Å². The highest BCUT2D eigenvalue weighted by Gasteiger charge is 2.43. The van der Waals surface area contributed by atoms with Crippen molar-refractivity contribution in [2.24, 2.45) is 5.92 Å². The Balaban J connectivity index is 1.18. The number of aryl methyl sites for hydroxylation is 4. The topological polar surface area (TPSA) is 83.8 Å². The number of pyridine rings is 1. The third-order valence-electron chi connectivity index (χ3n) is 11.3. The van der Waals surface area contributed by atoms with Gasteiger partial charge in [-0.15, -0.1) is 0 Å². The summed E-state index contributed by atoms with van der Waals surface area (Å²) in [4.78, 5) is 44.4. The van der Waals surface area contributed by atoms with Gasteiger partial charge in [0.05, 0.1) is 17.4 Å². The van der Waals surface area contributed by atoms with Crippen LogP contribution in [0.25, 0.3) is 0 Å². The number of carbonyl (C=O) groups is 2. The van der Waals surface area contributed by atoms with Crippen molar-refractivity contribution in [3.8, 4) is 0 Å². The van der Waals surface area contributed by atoms with E-state index in [1.165, 1.54) is 28.8 Å². The number of halogens is 1. The number of carbonyl (C=O) groups excluding carboxylic acids is 2. The van der Waals surface area contributed by atoms with Gasteiger partial charge >= 0.3 is 6.09 Å². The largest absolute Gasteiger partial charge is 0.446 e. The molecule has 2 saturated heterocycles. The Morgan fingerprint density at radius 3 is 2.54 bits per heavy atom. The second-order valence-electron chi connectivity index (χ2n) is 14.4. The smallest absolute Gasteiger partial charge is 0.410 e. The van der Waals surface area contributed by atoms with Crippen LogP contribution in [0.3, 0.4) is 0 Å². The molecule has 1 aromatic carbocycles. The van der Waals surface area contributed by atoms with E-state index in [9.17, 15) is 9.59 Å². The highest BCUT2D eigenvalue weighted by atomic mass is 35.5. The molecular formula is C38H49ClN6O3. The first-order chi connectivity index (χ1) is 23.3. The van der Waals surface area contributed by atoms with E-state index in [1.807, 2.05) is 23.2 Å². The summed E-state index contributed by atoms with van der Waals surface area (Å²) >= 11 is 6.50. The van der Waals surface area contributed by atoms with Crippen LogP contribution in [0.1, 0.15) is 90.6 Å². The molecule has 48 heavy (non-hydrogen) atoms. The number of ether oxygens (including phenoxy) is 1. The third-order valence-corrected chi connectivity index (χ3v) is 11.5. The maximum Gasteiger partial charge on any atom is 0.410 e. The van der Waals surface area contributed by atoms with Crippen molar-refractivity contribution in [2.45, 2.75) is 103 Å². The number of aromatic nitrogens is 3. The molecule has 2 aromatic heterocycles. The number of benzene rings is 1. The highest BCUT2D eigenvalue weighted by Crippen LogP contribution is 2.38. The fraction of sp³-hybridized carbons (Fsp3) is 0.579. The number of nitrogens with zero attached hydrogens (tertiary/aromatic N) is 6. The van der Waals surface area contributed by atoms with Gasteiger partial charge < -0.3 is 14.2 Å². The number of amides is 2. The van der Waals surface area contributed by atoms with Crippen molar-refractivity contribution in [1.82, 2.24) is 29.2 Å². The van der Waals surface area contributed by atoms with Crippen LogP contribution in [0.5, 0.6) is 0 Å². The second-order valence-corrected chi connectivity index (χ2v) is 14.8. The first-order valence-corrected chi connectivity index (χ1v) is 18.4. The van der Waals surface area contributed by atoms with Crippen molar-refractivity contribution in [3.05, 3.63) is 81.1 Å². The molecule has 256 valence electrons. The van der Waals surface area contributed by atoms with E-state index in [0.29, 0.717) is 38.6 Å². The first-order valence-electron chi connectivity index (χ1n) is 18.0. The Kier molecular flexibility index (Phi) is 9.79. The lowest BCUT2D eigenvalue weighted by Gasteiger charge is -2.46. The molecule has 2 aliphatic carbocycles. The number of imidazole rings is 1. The number of hydrogen-bond donors (Lipinski definition) is 0. The highest BCUT2D eigenvalue weighted by molar-refractivity contribution is 6.30. The quantitative estimate of drug-likeness (QED) is 0.310. The van der Waals surface area contributed by atoms with Gasteiger partial charge in [0.25, 0.3) is 0 Å². The minimum atomic E-state index is -0.640. The minimum absolute atomic E-state index is 0.0199. The average molecular weight is 673 g/mol. The lowest BCUT2D eigenvalue weighted by molar-refractivity contribution is -0.141. The van der Waals surface area contributed by atoms with Crippen molar-refractivity contribution < 1.29 is 14.3 Å². The van der Waals surface area contributed by atoms with Crippen LogP contribution in [0, 0.1) is 26.7 Å². The molecule has 0 radical (unpaired) electrons. The molecule has 3 aromatic rings. The van der Waals surface area contributed by atoms with Gasteiger partial charge in [-0.3, -0.25) is 19.6 Å². The summed E-state index contributed by atoms with van der Waals surface area (Å²) in [6, 6.07) is 9.57. The van der Waals surface area contributed by atoms with Crippen LogP contribution >= 0.6 is 11.6 Å². The van der Waals surface area contributed by atoms with Crippen LogP contribution in [-0.2, 0) is 28.9 Å². The number of piperidine rings is 1. The fourth-order valence-corrected chi connectivity index (χ4v) is 8.78. The summed E-state index contributed by atoms with van der Waals surface area (Å²) in [5, 5.41) is 0.727. The summed E-state index contributed by atoms with van der Waals surface area (Å²) in [5.41, 5.74) is 6.89. The number of piperazine rings is 1. The molecular weight excluding hydrogens is 624 g/mol.